The summed E-state index contributed by atoms with van der Waals surface area (Å²) in [6.07, 6.45) is 1.43. The summed E-state index contributed by atoms with van der Waals surface area (Å²) in [4.78, 5) is 39.1. The van der Waals surface area contributed by atoms with Gasteiger partial charge in [-0.15, -0.1) is 0 Å². The summed E-state index contributed by atoms with van der Waals surface area (Å²) in [7, 11) is 0. The molecule has 0 saturated carbocycles. The van der Waals surface area contributed by atoms with Gasteiger partial charge >= 0.3 is 6.03 Å². The summed E-state index contributed by atoms with van der Waals surface area (Å²) in [5.41, 5.74) is 3.33. The lowest BCUT2D eigenvalue weighted by Gasteiger charge is -2.27. The standard InChI is InChI=1S/C26H20Cl2N2O4/c1-15-6-9-23(16(2)10-15)30-25(32)21(24(31)29-26(30)33)12-17-4-3-5-20(11-17)34-14-18-7-8-19(27)13-22(18)28/h3-13H,14H2,1-2H3,(H,29,31,33)/b21-12-. The van der Waals surface area contributed by atoms with Crippen LogP contribution in [0, 0.1) is 13.8 Å². The molecule has 1 aliphatic rings. The van der Waals surface area contributed by atoms with Gasteiger partial charge in [-0.2, -0.15) is 0 Å². The van der Waals surface area contributed by atoms with Crippen LogP contribution in [-0.2, 0) is 16.2 Å². The highest BCUT2D eigenvalue weighted by Crippen LogP contribution is 2.27. The maximum Gasteiger partial charge on any atom is 0.335 e. The van der Waals surface area contributed by atoms with Crippen molar-refractivity contribution in [3.8, 4) is 5.75 Å². The number of halogens is 2. The SMILES string of the molecule is Cc1ccc(N2C(=O)NC(=O)/C(=C/c3cccc(OCc4ccc(Cl)cc4Cl)c3)C2=O)c(C)c1. The number of anilines is 1. The van der Waals surface area contributed by atoms with Crippen LogP contribution in [0.15, 0.2) is 66.2 Å². The molecule has 3 aromatic rings. The Hall–Kier alpha value is -3.61. The van der Waals surface area contributed by atoms with Crippen LogP contribution in [0.4, 0.5) is 10.5 Å². The quantitative estimate of drug-likeness (QED) is 0.356. The van der Waals surface area contributed by atoms with Crippen LogP contribution in [0.5, 0.6) is 5.75 Å². The number of carbonyl (C=O) groups excluding carboxylic acids is 3. The summed E-state index contributed by atoms with van der Waals surface area (Å²) in [6.45, 7) is 3.93. The van der Waals surface area contributed by atoms with Crippen molar-refractivity contribution in [3.63, 3.8) is 0 Å². The van der Waals surface area contributed by atoms with E-state index in [1.54, 1.807) is 61.5 Å². The average molecular weight is 495 g/mol. The van der Waals surface area contributed by atoms with Crippen molar-refractivity contribution < 1.29 is 19.1 Å². The molecule has 0 atom stereocenters. The third-order valence-corrected chi connectivity index (χ3v) is 5.86. The molecule has 0 bridgehead atoms. The van der Waals surface area contributed by atoms with E-state index in [1.807, 2.05) is 13.0 Å². The first-order valence-electron chi connectivity index (χ1n) is 10.4. The molecule has 0 aliphatic carbocycles. The predicted octanol–water partition coefficient (Wildman–Crippen LogP) is 5.86. The highest BCUT2D eigenvalue weighted by atomic mass is 35.5. The van der Waals surface area contributed by atoms with Crippen molar-refractivity contribution in [1.29, 1.82) is 0 Å². The van der Waals surface area contributed by atoms with Crippen molar-refractivity contribution in [2.45, 2.75) is 20.5 Å². The van der Waals surface area contributed by atoms with E-state index in [1.165, 1.54) is 6.08 Å². The van der Waals surface area contributed by atoms with Gasteiger partial charge < -0.3 is 4.74 Å². The van der Waals surface area contributed by atoms with E-state index in [9.17, 15) is 14.4 Å². The molecule has 4 amide bonds. The number of carbonyl (C=O) groups is 3. The minimum atomic E-state index is -0.781. The second-order valence-electron chi connectivity index (χ2n) is 7.84. The van der Waals surface area contributed by atoms with Crippen LogP contribution >= 0.6 is 23.2 Å². The molecule has 1 heterocycles. The van der Waals surface area contributed by atoms with Gasteiger partial charge in [0, 0.05) is 15.6 Å². The molecule has 0 unspecified atom stereocenters. The Kier molecular flexibility index (Phi) is 6.72. The van der Waals surface area contributed by atoms with Crippen LogP contribution in [0.3, 0.4) is 0 Å². The molecule has 3 aromatic carbocycles. The number of barbiturate groups is 1. The summed E-state index contributed by atoms with van der Waals surface area (Å²) in [5.74, 6) is -0.929. The van der Waals surface area contributed by atoms with Gasteiger partial charge in [-0.25, -0.2) is 9.69 Å². The fourth-order valence-electron chi connectivity index (χ4n) is 3.59. The van der Waals surface area contributed by atoms with Crippen LogP contribution in [0.25, 0.3) is 6.08 Å². The molecule has 172 valence electrons. The lowest BCUT2D eigenvalue weighted by molar-refractivity contribution is -0.122. The number of hydrogen-bond acceptors (Lipinski definition) is 4. The summed E-state index contributed by atoms with van der Waals surface area (Å²) < 4.78 is 5.82. The molecule has 6 nitrogen and oxygen atoms in total. The van der Waals surface area contributed by atoms with E-state index in [-0.39, 0.29) is 12.2 Å². The smallest absolute Gasteiger partial charge is 0.335 e. The van der Waals surface area contributed by atoms with Gasteiger partial charge in [-0.3, -0.25) is 14.9 Å². The van der Waals surface area contributed by atoms with Gasteiger partial charge in [0.05, 0.1) is 5.69 Å². The first kappa shape index (κ1) is 23.5. The van der Waals surface area contributed by atoms with Crippen LogP contribution in [0.1, 0.15) is 22.3 Å². The second kappa shape index (κ2) is 9.71. The zero-order valence-corrected chi connectivity index (χ0v) is 19.9. The Labute approximate surface area is 206 Å². The fraction of sp³-hybridized carbons (Fsp3) is 0.115. The van der Waals surface area contributed by atoms with Gasteiger partial charge in [-0.1, -0.05) is 59.1 Å². The topological polar surface area (TPSA) is 75.7 Å². The number of imide groups is 2. The van der Waals surface area contributed by atoms with Crippen LogP contribution < -0.4 is 15.0 Å². The molecule has 0 spiro atoms. The number of aryl methyl sites for hydroxylation is 2. The number of amides is 4. The Bertz CT molecular complexity index is 1350. The Balaban J connectivity index is 1.59. The predicted molar refractivity (Wildman–Crippen MR) is 132 cm³/mol. The molecule has 1 N–H and O–H groups in total. The average Bonchev–Trinajstić information content (AvgIpc) is 2.78. The first-order chi connectivity index (χ1) is 16.2. The minimum Gasteiger partial charge on any atom is -0.489 e. The first-order valence-corrected chi connectivity index (χ1v) is 11.1. The zero-order chi connectivity index (χ0) is 24.4. The number of nitrogens with one attached hydrogen (secondary N) is 1. The normalized spacial score (nSPS) is 15.0. The van der Waals surface area contributed by atoms with Gasteiger partial charge in [0.1, 0.15) is 17.9 Å². The number of benzene rings is 3. The number of urea groups is 1. The third kappa shape index (κ3) is 4.98. The van der Waals surface area contributed by atoms with Gasteiger partial charge in [-0.05, 0) is 61.4 Å². The van der Waals surface area contributed by atoms with Gasteiger partial charge in [0.25, 0.3) is 11.8 Å². The molecular weight excluding hydrogens is 475 g/mol. The van der Waals surface area contributed by atoms with E-state index in [2.05, 4.69) is 5.32 Å². The van der Waals surface area contributed by atoms with Crippen molar-refractivity contribution in [1.82, 2.24) is 5.32 Å². The molecule has 1 fully saturated rings. The summed E-state index contributed by atoms with van der Waals surface area (Å²) in [6, 6.07) is 16.6. The number of ether oxygens (including phenoxy) is 1. The maximum atomic E-state index is 13.2. The van der Waals surface area contributed by atoms with Crippen molar-refractivity contribution in [3.05, 3.63) is 98.5 Å². The molecule has 0 aromatic heterocycles. The largest absolute Gasteiger partial charge is 0.489 e. The molecule has 0 radical (unpaired) electrons. The van der Waals surface area contributed by atoms with Crippen molar-refractivity contribution in [2.75, 3.05) is 4.90 Å². The van der Waals surface area contributed by atoms with Gasteiger partial charge in [0.15, 0.2) is 0 Å². The van der Waals surface area contributed by atoms with E-state index < -0.39 is 17.8 Å². The molecule has 1 saturated heterocycles. The Morgan fingerprint density at radius 3 is 2.50 bits per heavy atom. The highest BCUT2D eigenvalue weighted by molar-refractivity contribution is 6.39. The summed E-state index contributed by atoms with van der Waals surface area (Å²) in [5, 5.41) is 3.27. The van der Waals surface area contributed by atoms with Crippen LogP contribution in [-0.4, -0.2) is 17.8 Å². The van der Waals surface area contributed by atoms with Crippen molar-refractivity contribution >= 4 is 52.8 Å². The van der Waals surface area contributed by atoms with Gasteiger partial charge in [0.2, 0.25) is 0 Å². The lowest BCUT2D eigenvalue weighted by Crippen LogP contribution is -2.54. The third-order valence-electron chi connectivity index (χ3n) is 5.27. The molecule has 4 rings (SSSR count). The van der Waals surface area contributed by atoms with E-state index in [0.29, 0.717) is 27.0 Å². The maximum absolute atomic E-state index is 13.2. The molecular formula is C26H20Cl2N2O4. The van der Waals surface area contributed by atoms with E-state index in [4.69, 9.17) is 27.9 Å². The van der Waals surface area contributed by atoms with E-state index in [0.717, 1.165) is 21.6 Å². The number of hydrogen-bond donors (Lipinski definition) is 1. The molecule has 34 heavy (non-hydrogen) atoms. The van der Waals surface area contributed by atoms with Crippen LogP contribution in [0.2, 0.25) is 10.0 Å². The van der Waals surface area contributed by atoms with E-state index >= 15 is 0 Å². The Morgan fingerprint density at radius 2 is 1.76 bits per heavy atom. The Morgan fingerprint density at radius 1 is 0.971 bits per heavy atom. The molecule has 8 heteroatoms. The highest BCUT2D eigenvalue weighted by Gasteiger charge is 2.37. The molecule has 1 aliphatic heterocycles. The monoisotopic (exact) mass is 494 g/mol. The zero-order valence-electron chi connectivity index (χ0n) is 18.4. The fourth-order valence-corrected chi connectivity index (χ4v) is 4.06. The number of rotatable bonds is 5. The second-order valence-corrected chi connectivity index (χ2v) is 8.69. The number of nitrogens with zero attached hydrogens (tertiary/aromatic N) is 1. The lowest BCUT2D eigenvalue weighted by atomic mass is 10.0. The summed E-state index contributed by atoms with van der Waals surface area (Å²) >= 11 is 12.1. The minimum absolute atomic E-state index is 0.155. The van der Waals surface area contributed by atoms with Crippen molar-refractivity contribution in [2.24, 2.45) is 0 Å².